The highest BCUT2D eigenvalue weighted by Gasteiger charge is 2.65. The molecule has 2 aliphatic heterocycles. The Kier molecular flexibility index (Phi) is 35.5. The monoisotopic (exact) mass is 881 g/mol. The molecule has 0 aromatic carbocycles. The minimum atomic E-state index is -2.12. The van der Waals surface area contributed by atoms with Crippen molar-refractivity contribution in [2.24, 2.45) is 0 Å². The van der Waals surface area contributed by atoms with Crippen molar-refractivity contribution in [2.75, 3.05) is 20.3 Å². The third-order valence-electron chi connectivity index (χ3n) is 13.4. The molecule has 0 aliphatic carbocycles. The van der Waals surface area contributed by atoms with E-state index in [1.54, 1.807) is 21.0 Å². The van der Waals surface area contributed by atoms with E-state index in [0.717, 1.165) is 38.5 Å². The summed E-state index contributed by atoms with van der Waals surface area (Å²) in [5.74, 6) is -3.57. The van der Waals surface area contributed by atoms with E-state index >= 15 is 0 Å². The number of carbonyl (C=O) groups excluding carboxylic acids is 1. The summed E-state index contributed by atoms with van der Waals surface area (Å²) in [5.41, 5.74) is 0. The van der Waals surface area contributed by atoms with Gasteiger partial charge < -0.3 is 33.5 Å². The fourth-order valence-corrected chi connectivity index (χ4v) is 9.54. The molecule has 2 rings (SSSR count). The lowest BCUT2D eigenvalue weighted by Crippen LogP contribution is -2.68. The van der Waals surface area contributed by atoms with E-state index in [2.05, 4.69) is 13.8 Å². The maximum absolute atomic E-state index is 13.3. The van der Waals surface area contributed by atoms with Crippen molar-refractivity contribution >= 4 is 5.97 Å². The van der Waals surface area contributed by atoms with Gasteiger partial charge in [-0.25, -0.2) is 0 Å². The van der Waals surface area contributed by atoms with Crippen molar-refractivity contribution in [1.82, 2.24) is 0 Å². The molecule has 368 valence electrons. The number of fused-ring (bicyclic) bond motifs is 1. The van der Waals surface area contributed by atoms with E-state index in [9.17, 15) is 9.90 Å². The highest BCUT2D eigenvalue weighted by atomic mass is 16.8. The molecule has 0 amide bonds. The van der Waals surface area contributed by atoms with Gasteiger partial charge in [-0.2, -0.15) is 0 Å². The molecule has 2 saturated heterocycles. The summed E-state index contributed by atoms with van der Waals surface area (Å²) in [6.07, 6.45) is 48.2. The van der Waals surface area contributed by atoms with E-state index in [-0.39, 0.29) is 13.0 Å². The van der Waals surface area contributed by atoms with Crippen molar-refractivity contribution in [3.05, 3.63) is 0 Å². The zero-order valence-corrected chi connectivity index (χ0v) is 41.8. The number of rotatable bonds is 45. The number of hydrogen-bond acceptors (Lipinski definition) is 8. The van der Waals surface area contributed by atoms with Gasteiger partial charge in [-0.3, -0.25) is 4.79 Å². The van der Waals surface area contributed by atoms with Crippen LogP contribution in [0, 0.1) is 0 Å². The molecule has 0 unspecified atom stereocenters. The van der Waals surface area contributed by atoms with Gasteiger partial charge in [0.15, 0.2) is 11.9 Å². The molecular formula is C54H104O8. The SMILES string of the molecule is CCCCCCCCCCCCCCCCCCCCCCCCCC(=O)O[C@@]1(O)[C@@H](OCCCCCCCCCCCCCCCCCC)O[C@H](COC)[C@@H]2OC(C)(C)O[C@H]21. The Labute approximate surface area is 384 Å². The fraction of sp³-hybridized carbons (Fsp3) is 0.981. The van der Waals surface area contributed by atoms with Crippen molar-refractivity contribution in [1.29, 1.82) is 0 Å². The Hall–Kier alpha value is -0.770. The molecule has 2 heterocycles. The van der Waals surface area contributed by atoms with Crippen molar-refractivity contribution in [3.63, 3.8) is 0 Å². The topological polar surface area (TPSA) is 92.7 Å². The molecule has 0 spiro atoms. The summed E-state index contributed by atoms with van der Waals surface area (Å²) >= 11 is 0. The van der Waals surface area contributed by atoms with Crippen LogP contribution in [-0.2, 0) is 33.2 Å². The van der Waals surface area contributed by atoms with Crippen LogP contribution in [0.1, 0.15) is 285 Å². The molecule has 0 radical (unpaired) electrons. The number of ether oxygens (including phenoxy) is 6. The zero-order valence-electron chi connectivity index (χ0n) is 41.8. The van der Waals surface area contributed by atoms with Gasteiger partial charge in [-0.15, -0.1) is 0 Å². The van der Waals surface area contributed by atoms with Gasteiger partial charge in [0.25, 0.3) is 5.79 Å². The van der Waals surface area contributed by atoms with Crippen LogP contribution in [0.2, 0.25) is 0 Å². The van der Waals surface area contributed by atoms with E-state index in [1.807, 2.05) is 0 Å². The molecule has 0 bridgehead atoms. The van der Waals surface area contributed by atoms with E-state index < -0.39 is 42.1 Å². The molecule has 0 saturated carbocycles. The van der Waals surface area contributed by atoms with Crippen LogP contribution in [0.5, 0.6) is 0 Å². The van der Waals surface area contributed by atoms with Crippen molar-refractivity contribution < 1.29 is 38.3 Å². The maximum atomic E-state index is 13.3. The molecule has 62 heavy (non-hydrogen) atoms. The molecule has 5 atom stereocenters. The number of hydrogen-bond donors (Lipinski definition) is 1. The van der Waals surface area contributed by atoms with E-state index in [4.69, 9.17) is 28.4 Å². The summed E-state index contributed by atoms with van der Waals surface area (Å²) in [6.45, 7) is 8.80. The Morgan fingerprint density at radius 1 is 0.500 bits per heavy atom. The first-order chi connectivity index (χ1) is 30.3. The van der Waals surface area contributed by atoms with Gasteiger partial charge in [0.2, 0.25) is 6.29 Å². The smallest absolute Gasteiger partial charge is 0.308 e. The molecular weight excluding hydrogens is 777 g/mol. The van der Waals surface area contributed by atoms with Crippen LogP contribution in [0.25, 0.3) is 0 Å². The van der Waals surface area contributed by atoms with E-state index in [1.165, 1.54) is 212 Å². The highest BCUT2D eigenvalue weighted by molar-refractivity contribution is 5.69. The second kappa shape index (κ2) is 38.3. The van der Waals surface area contributed by atoms with Crippen LogP contribution >= 0.6 is 0 Å². The second-order valence-corrected chi connectivity index (χ2v) is 19.9. The summed E-state index contributed by atoms with van der Waals surface area (Å²) in [7, 11) is 1.61. The minimum absolute atomic E-state index is 0.233. The molecule has 1 N–H and O–H groups in total. The normalized spacial score (nSPS) is 22.0. The Bertz CT molecular complexity index is 1010. The fourth-order valence-electron chi connectivity index (χ4n) is 9.54. The standard InChI is InChI=1S/C54H104O8/c1-6-8-10-12-14-16-18-20-22-24-25-26-27-28-29-30-31-33-35-37-39-41-43-45-49(55)60-54(56)51-50(61-53(3,4)62-51)48(47-57-5)59-52(54)58-46-44-42-40-38-36-34-32-23-21-19-17-15-13-11-9-7-2/h48,50-52,56H,6-47H2,1-5H3/t48-,50+,51-,52+,54-/m1/s1. The van der Waals surface area contributed by atoms with Crippen LogP contribution in [0.4, 0.5) is 0 Å². The van der Waals surface area contributed by atoms with Gasteiger partial charge in [0.05, 0.1) is 13.2 Å². The Morgan fingerprint density at radius 2 is 0.839 bits per heavy atom. The summed E-state index contributed by atoms with van der Waals surface area (Å²) in [6, 6.07) is 0. The van der Waals surface area contributed by atoms with Crippen molar-refractivity contribution in [2.45, 2.75) is 321 Å². The first kappa shape index (κ1) is 57.4. The summed E-state index contributed by atoms with van der Waals surface area (Å²) < 4.78 is 36.1. The predicted octanol–water partition coefficient (Wildman–Crippen LogP) is 15.8. The summed E-state index contributed by atoms with van der Waals surface area (Å²) in [5, 5.41) is 12.1. The van der Waals surface area contributed by atoms with Crippen LogP contribution in [0.3, 0.4) is 0 Å². The maximum Gasteiger partial charge on any atom is 0.308 e. The molecule has 8 heteroatoms. The van der Waals surface area contributed by atoms with Gasteiger partial charge in [-0.05, 0) is 26.7 Å². The lowest BCUT2D eigenvalue weighted by molar-refractivity contribution is -0.392. The van der Waals surface area contributed by atoms with Gasteiger partial charge in [0, 0.05) is 13.5 Å². The quantitative estimate of drug-likeness (QED) is 0.0367. The number of unbranched alkanes of at least 4 members (excludes halogenated alkanes) is 37. The highest BCUT2D eigenvalue weighted by Crippen LogP contribution is 2.44. The molecule has 2 aliphatic rings. The third kappa shape index (κ3) is 27.6. The average molecular weight is 881 g/mol. The molecule has 0 aromatic rings. The number of methoxy groups -OCH3 is 1. The number of esters is 1. The molecule has 2 fully saturated rings. The van der Waals surface area contributed by atoms with E-state index in [0.29, 0.717) is 6.61 Å². The lowest BCUT2D eigenvalue weighted by Gasteiger charge is -2.46. The second-order valence-electron chi connectivity index (χ2n) is 19.9. The molecule has 0 aromatic heterocycles. The zero-order chi connectivity index (χ0) is 44.8. The average Bonchev–Trinajstić information content (AvgIpc) is 3.60. The van der Waals surface area contributed by atoms with Gasteiger partial charge >= 0.3 is 5.97 Å². The number of aliphatic hydroxyl groups is 1. The largest absolute Gasteiger partial charge is 0.424 e. The predicted molar refractivity (Wildman–Crippen MR) is 257 cm³/mol. The van der Waals surface area contributed by atoms with Crippen LogP contribution < -0.4 is 0 Å². The third-order valence-corrected chi connectivity index (χ3v) is 13.4. The minimum Gasteiger partial charge on any atom is -0.424 e. The first-order valence-corrected chi connectivity index (χ1v) is 27.3. The summed E-state index contributed by atoms with van der Waals surface area (Å²) in [4.78, 5) is 13.3. The lowest BCUT2D eigenvalue weighted by atomic mass is 9.95. The van der Waals surface area contributed by atoms with Gasteiger partial charge in [-0.1, -0.05) is 251 Å². The Balaban J connectivity index is 1.56. The van der Waals surface area contributed by atoms with Gasteiger partial charge in [0.1, 0.15) is 12.2 Å². The number of carbonyl (C=O) groups is 1. The first-order valence-electron chi connectivity index (χ1n) is 27.3. The van der Waals surface area contributed by atoms with Crippen LogP contribution in [0.15, 0.2) is 0 Å². The van der Waals surface area contributed by atoms with Crippen molar-refractivity contribution in [3.8, 4) is 0 Å². The molecule has 8 nitrogen and oxygen atoms in total. The van der Waals surface area contributed by atoms with Crippen LogP contribution in [-0.4, -0.2) is 67.6 Å². The Morgan fingerprint density at radius 3 is 1.19 bits per heavy atom.